The number of rotatable bonds is 6. The van der Waals surface area contributed by atoms with Crippen LogP contribution in [0.2, 0.25) is 0 Å². The minimum Gasteiger partial charge on any atom is -0.393 e. The summed E-state index contributed by atoms with van der Waals surface area (Å²) in [5.74, 6) is 0.999. The van der Waals surface area contributed by atoms with Crippen LogP contribution in [-0.2, 0) is 0 Å². The van der Waals surface area contributed by atoms with Crippen LogP contribution in [0.15, 0.2) is 24.4 Å². The number of urea groups is 1. The summed E-state index contributed by atoms with van der Waals surface area (Å²) in [6.07, 6.45) is 4.63. The second-order valence-electron chi connectivity index (χ2n) is 5.70. The quantitative estimate of drug-likeness (QED) is 0.744. The van der Waals surface area contributed by atoms with Crippen molar-refractivity contribution < 1.29 is 9.90 Å². The van der Waals surface area contributed by atoms with E-state index in [0.29, 0.717) is 13.0 Å². The molecule has 1 aromatic rings. The Labute approximate surface area is 131 Å². The molecule has 122 valence electrons. The average Bonchev–Trinajstić information content (AvgIpc) is 2.56. The molecule has 0 radical (unpaired) electrons. The van der Waals surface area contributed by atoms with Crippen LogP contribution < -0.4 is 15.5 Å². The summed E-state index contributed by atoms with van der Waals surface area (Å²) in [7, 11) is 0. The molecule has 6 nitrogen and oxygen atoms in total. The molecule has 0 aliphatic carbocycles. The van der Waals surface area contributed by atoms with Crippen molar-refractivity contribution in [3.63, 3.8) is 0 Å². The van der Waals surface area contributed by atoms with Gasteiger partial charge in [0.15, 0.2) is 0 Å². The van der Waals surface area contributed by atoms with Crippen LogP contribution in [0.1, 0.15) is 32.6 Å². The molecule has 1 aliphatic heterocycles. The lowest BCUT2D eigenvalue weighted by Gasteiger charge is -2.33. The van der Waals surface area contributed by atoms with Crippen LogP contribution in [-0.4, -0.2) is 47.9 Å². The Kier molecular flexibility index (Phi) is 6.45. The Bertz CT molecular complexity index is 447. The fourth-order valence-electron chi connectivity index (χ4n) is 2.59. The van der Waals surface area contributed by atoms with E-state index in [2.05, 4.69) is 20.5 Å². The normalized spacial score (nSPS) is 17.1. The van der Waals surface area contributed by atoms with E-state index >= 15 is 0 Å². The number of carbonyl (C=O) groups excluding carboxylic acids is 1. The number of hydrogen-bond donors (Lipinski definition) is 3. The zero-order valence-corrected chi connectivity index (χ0v) is 13.2. The number of aromatic nitrogens is 1. The van der Waals surface area contributed by atoms with E-state index in [4.69, 9.17) is 0 Å². The summed E-state index contributed by atoms with van der Waals surface area (Å²) >= 11 is 0. The van der Waals surface area contributed by atoms with Crippen molar-refractivity contribution in [2.24, 2.45) is 0 Å². The lowest BCUT2D eigenvalue weighted by molar-refractivity contribution is 0.160. The van der Waals surface area contributed by atoms with Crippen LogP contribution in [0.3, 0.4) is 0 Å². The van der Waals surface area contributed by atoms with E-state index in [0.717, 1.165) is 38.2 Å². The van der Waals surface area contributed by atoms with Crippen molar-refractivity contribution in [3.05, 3.63) is 24.4 Å². The highest BCUT2D eigenvalue weighted by molar-refractivity contribution is 5.74. The summed E-state index contributed by atoms with van der Waals surface area (Å²) in [4.78, 5) is 18.4. The van der Waals surface area contributed by atoms with Gasteiger partial charge in [0.2, 0.25) is 0 Å². The van der Waals surface area contributed by atoms with Gasteiger partial charge in [-0.25, -0.2) is 9.78 Å². The average molecular weight is 306 g/mol. The summed E-state index contributed by atoms with van der Waals surface area (Å²) < 4.78 is 0. The predicted molar refractivity (Wildman–Crippen MR) is 86.9 cm³/mol. The molecule has 2 rings (SSSR count). The van der Waals surface area contributed by atoms with Crippen molar-refractivity contribution >= 4 is 11.8 Å². The third-order valence-electron chi connectivity index (χ3n) is 4.04. The number of aliphatic hydroxyl groups is 1. The molecule has 3 N–H and O–H groups in total. The molecule has 1 atom stereocenters. The highest BCUT2D eigenvalue weighted by Gasteiger charge is 2.21. The Morgan fingerprint density at radius 3 is 2.86 bits per heavy atom. The van der Waals surface area contributed by atoms with Crippen molar-refractivity contribution in [2.45, 2.75) is 44.8 Å². The van der Waals surface area contributed by atoms with Gasteiger partial charge in [-0.15, -0.1) is 0 Å². The zero-order chi connectivity index (χ0) is 15.8. The van der Waals surface area contributed by atoms with Gasteiger partial charge in [0, 0.05) is 31.9 Å². The maximum Gasteiger partial charge on any atom is 0.315 e. The van der Waals surface area contributed by atoms with Crippen LogP contribution in [0.4, 0.5) is 10.6 Å². The molecule has 0 spiro atoms. The third kappa shape index (κ3) is 5.18. The Morgan fingerprint density at radius 1 is 1.45 bits per heavy atom. The fourth-order valence-corrected chi connectivity index (χ4v) is 2.59. The fraction of sp³-hybridized carbons (Fsp3) is 0.625. The molecule has 0 saturated carbocycles. The van der Waals surface area contributed by atoms with Gasteiger partial charge < -0.3 is 20.6 Å². The van der Waals surface area contributed by atoms with Crippen LogP contribution in [0, 0.1) is 0 Å². The van der Waals surface area contributed by atoms with E-state index < -0.39 is 0 Å². The molecular weight excluding hydrogens is 280 g/mol. The first-order valence-corrected chi connectivity index (χ1v) is 8.07. The number of nitrogens with zero attached hydrogens (tertiary/aromatic N) is 2. The van der Waals surface area contributed by atoms with Gasteiger partial charge in [0.25, 0.3) is 0 Å². The van der Waals surface area contributed by atoms with Crippen molar-refractivity contribution in [1.82, 2.24) is 15.6 Å². The SMILES string of the molecule is CCC(O)CCNC(=O)NC1CCN(c2ccccn2)CC1. The molecule has 1 saturated heterocycles. The molecular formula is C16H26N4O2. The highest BCUT2D eigenvalue weighted by atomic mass is 16.3. The smallest absolute Gasteiger partial charge is 0.315 e. The molecule has 1 unspecified atom stereocenters. The van der Waals surface area contributed by atoms with E-state index in [9.17, 15) is 9.90 Å². The van der Waals surface area contributed by atoms with Crippen molar-refractivity contribution in [1.29, 1.82) is 0 Å². The largest absolute Gasteiger partial charge is 0.393 e. The monoisotopic (exact) mass is 306 g/mol. The van der Waals surface area contributed by atoms with Gasteiger partial charge in [0.1, 0.15) is 5.82 Å². The van der Waals surface area contributed by atoms with Gasteiger partial charge in [0.05, 0.1) is 6.10 Å². The van der Waals surface area contributed by atoms with Gasteiger partial charge in [-0.05, 0) is 37.8 Å². The number of hydrogen-bond acceptors (Lipinski definition) is 4. The first kappa shape index (κ1) is 16.5. The third-order valence-corrected chi connectivity index (χ3v) is 4.04. The number of pyridine rings is 1. The van der Waals surface area contributed by atoms with E-state index in [1.807, 2.05) is 25.1 Å². The Morgan fingerprint density at radius 2 is 2.23 bits per heavy atom. The summed E-state index contributed by atoms with van der Waals surface area (Å²) in [6, 6.07) is 5.98. The number of aliphatic hydroxyl groups excluding tert-OH is 1. The van der Waals surface area contributed by atoms with Crippen LogP contribution >= 0.6 is 0 Å². The van der Waals surface area contributed by atoms with Crippen LogP contribution in [0.5, 0.6) is 0 Å². The zero-order valence-electron chi connectivity index (χ0n) is 13.2. The molecule has 2 amide bonds. The van der Waals surface area contributed by atoms with Crippen molar-refractivity contribution in [2.75, 3.05) is 24.5 Å². The first-order chi connectivity index (χ1) is 10.7. The maximum absolute atomic E-state index is 11.8. The van der Waals surface area contributed by atoms with Crippen molar-refractivity contribution in [3.8, 4) is 0 Å². The number of amides is 2. The van der Waals surface area contributed by atoms with Crippen LogP contribution in [0.25, 0.3) is 0 Å². The molecule has 22 heavy (non-hydrogen) atoms. The topological polar surface area (TPSA) is 77.5 Å². The molecule has 0 aromatic carbocycles. The van der Waals surface area contributed by atoms with Gasteiger partial charge >= 0.3 is 6.03 Å². The standard InChI is InChI=1S/C16H26N4O2/c1-2-14(21)6-10-18-16(22)19-13-7-11-20(12-8-13)15-5-3-4-9-17-15/h3-5,9,13-14,21H,2,6-8,10-12H2,1H3,(H2,18,19,22). The lowest BCUT2D eigenvalue weighted by Crippen LogP contribution is -2.48. The molecule has 6 heteroatoms. The van der Waals surface area contributed by atoms with E-state index in [-0.39, 0.29) is 18.2 Å². The maximum atomic E-state index is 11.8. The Hall–Kier alpha value is -1.82. The summed E-state index contributed by atoms with van der Waals surface area (Å²) in [5, 5.41) is 15.3. The predicted octanol–water partition coefficient (Wildman–Crippen LogP) is 1.51. The lowest BCUT2D eigenvalue weighted by atomic mass is 10.1. The number of anilines is 1. The number of carbonyl (C=O) groups is 1. The molecule has 1 fully saturated rings. The Balaban J connectivity index is 1.66. The number of nitrogens with one attached hydrogen (secondary N) is 2. The molecule has 1 aliphatic rings. The second-order valence-corrected chi connectivity index (χ2v) is 5.70. The molecule has 2 heterocycles. The van der Waals surface area contributed by atoms with Gasteiger partial charge in [-0.1, -0.05) is 13.0 Å². The molecule has 1 aromatic heterocycles. The van der Waals surface area contributed by atoms with Gasteiger partial charge in [-0.2, -0.15) is 0 Å². The first-order valence-electron chi connectivity index (χ1n) is 8.07. The van der Waals surface area contributed by atoms with Gasteiger partial charge in [-0.3, -0.25) is 0 Å². The summed E-state index contributed by atoms with van der Waals surface area (Å²) in [6.45, 7) is 4.24. The van der Waals surface area contributed by atoms with E-state index in [1.54, 1.807) is 6.20 Å². The minimum atomic E-state index is -0.332. The number of piperidine rings is 1. The second kappa shape index (κ2) is 8.58. The molecule has 0 bridgehead atoms. The minimum absolute atomic E-state index is 0.139. The summed E-state index contributed by atoms with van der Waals surface area (Å²) in [5.41, 5.74) is 0. The highest BCUT2D eigenvalue weighted by Crippen LogP contribution is 2.17. The van der Waals surface area contributed by atoms with E-state index in [1.165, 1.54) is 0 Å².